The molecule has 0 aromatic carbocycles. The van der Waals surface area contributed by atoms with Crippen molar-refractivity contribution in [2.75, 3.05) is 24.6 Å². The van der Waals surface area contributed by atoms with E-state index in [9.17, 15) is 4.79 Å². The molecule has 0 spiro atoms. The lowest BCUT2D eigenvalue weighted by Gasteiger charge is -2.05. The van der Waals surface area contributed by atoms with Crippen LogP contribution in [0.15, 0.2) is 12.5 Å². The first-order valence-electron chi connectivity index (χ1n) is 5.40. The number of imidazole rings is 1. The first-order valence-corrected chi connectivity index (χ1v) is 6.18. The van der Waals surface area contributed by atoms with Crippen LogP contribution in [-0.2, 0) is 6.42 Å². The average Bonchev–Trinajstić information content (AvgIpc) is 2.99. The van der Waals surface area contributed by atoms with E-state index in [0.29, 0.717) is 17.1 Å². The third-order valence-corrected chi connectivity index (χ3v) is 3.23. The van der Waals surface area contributed by atoms with Crippen LogP contribution in [0, 0.1) is 0 Å². The van der Waals surface area contributed by atoms with Crippen molar-refractivity contribution in [1.82, 2.24) is 19.7 Å². The van der Waals surface area contributed by atoms with Crippen LogP contribution in [0.25, 0.3) is 0 Å². The predicted octanol–water partition coefficient (Wildman–Crippen LogP) is 0.463. The van der Waals surface area contributed by atoms with Crippen molar-refractivity contribution in [2.45, 2.75) is 6.42 Å². The van der Waals surface area contributed by atoms with Crippen LogP contribution in [0.1, 0.15) is 16.1 Å². The molecule has 7 nitrogen and oxygen atoms in total. The fourth-order valence-electron chi connectivity index (χ4n) is 1.50. The highest BCUT2D eigenvalue weighted by Crippen LogP contribution is 2.26. The van der Waals surface area contributed by atoms with Crippen LogP contribution in [0.5, 0.6) is 0 Å². The number of nitrogens with zero attached hydrogens (tertiary/aromatic N) is 2. The van der Waals surface area contributed by atoms with Crippen LogP contribution in [0.3, 0.4) is 0 Å². The summed E-state index contributed by atoms with van der Waals surface area (Å²) in [5, 5.41) is 6.39. The van der Waals surface area contributed by atoms with Crippen molar-refractivity contribution < 1.29 is 4.79 Å². The van der Waals surface area contributed by atoms with Crippen molar-refractivity contribution >= 4 is 28.3 Å². The van der Waals surface area contributed by atoms with E-state index in [1.165, 1.54) is 11.5 Å². The average molecular weight is 266 g/mol. The predicted molar refractivity (Wildman–Crippen MR) is 70.7 cm³/mol. The van der Waals surface area contributed by atoms with E-state index in [2.05, 4.69) is 25.0 Å². The number of anilines is 2. The molecule has 2 aromatic rings. The van der Waals surface area contributed by atoms with Gasteiger partial charge in [-0.3, -0.25) is 4.79 Å². The Morgan fingerprint density at radius 3 is 3.11 bits per heavy atom. The third kappa shape index (κ3) is 2.59. The Morgan fingerprint density at radius 2 is 2.44 bits per heavy atom. The first kappa shape index (κ1) is 12.4. The maximum absolute atomic E-state index is 11.6. The second-order valence-corrected chi connectivity index (χ2v) is 4.38. The topological polar surface area (TPSA) is 109 Å². The van der Waals surface area contributed by atoms with Crippen molar-refractivity contribution in [3.05, 3.63) is 23.8 Å². The molecule has 1 amide bonds. The van der Waals surface area contributed by atoms with Gasteiger partial charge < -0.3 is 21.4 Å². The lowest BCUT2D eigenvalue weighted by Crippen LogP contribution is -2.20. The zero-order valence-corrected chi connectivity index (χ0v) is 10.7. The first-order chi connectivity index (χ1) is 8.72. The van der Waals surface area contributed by atoms with Gasteiger partial charge in [0.15, 0.2) is 5.82 Å². The fourth-order valence-corrected chi connectivity index (χ4v) is 2.24. The number of carbonyl (C=O) groups excluding carboxylic acids is 1. The summed E-state index contributed by atoms with van der Waals surface area (Å²) in [6.45, 7) is 0.674. The molecule has 0 radical (unpaired) electrons. The number of nitrogen functional groups attached to an aromatic ring is 1. The smallest absolute Gasteiger partial charge is 0.257 e. The molecule has 18 heavy (non-hydrogen) atoms. The van der Waals surface area contributed by atoms with Gasteiger partial charge in [0.2, 0.25) is 0 Å². The summed E-state index contributed by atoms with van der Waals surface area (Å²) in [4.78, 5) is 18.6. The third-order valence-electron chi connectivity index (χ3n) is 2.41. The van der Waals surface area contributed by atoms with Crippen LogP contribution in [-0.4, -0.2) is 33.8 Å². The van der Waals surface area contributed by atoms with Crippen molar-refractivity contribution in [1.29, 1.82) is 0 Å². The van der Waals surface area contributed by atoms with Gasteiger partial charge in [0.1, 0.15) is 10.6 Å². The van der Waals surface area contributed by atoms with Gasteiger partial charge in [-0.1, -0.05) is 0 Å². The minimum atomic E-state index is -0.231. The van der Waals surface area contributed by atoms with Crippen LogP contribution >= 0.6 is 11.5 Å². The maximum Gasteiger partial charge on any atom is 0.257 e. The molecular weight excluding hydrogens is 252 g/mol. The summed E-state index contributed by atoms with van der Waals surface area (Å²) >= 11 is 1.18. The molecule has 0 saturated carbocycles. The van der Waals surface area contributed by atoms with E-state index in [4.69, 9.17) is 5.73 Å². The molecule has 2 heterocycles. The highest BCUT2D eigenvalue weighted by molar-refractivity contribution is 7.11. The van der Waals surface area contributed by atoms with Gasteiger partial charge in [0, 0.05) is 31.9 Å². The summed E-state index contributed by atoms with van der Waals surface area (Å²) in [7, 11) is 1.56. The molecule has 96 valence electrons. The molecule has 5 N–H and O–H groups in total. The van der Waals surface area contributed by atoms with Gasteiger partial charge in [-0.25, -0.2) is 4.98 Å². The number of amides is 1. The number of hydrogen-bond acceptors (Lipinski definition) is 6. The van der Waals surface area contributed by atoms with E-state index >= 15 is 0 Å². The molecule has 0 unspecified atom stereocenters. The Balaban J connectivity index is 1.99. The van der Waals surface area contributed by atoms with Crippen LogP contribution < -0.4 is 16.4 Å². The fraction of sp³-hybridized carbons (Fsp3) is 0.300. The summed E-state index contributed by atoms with van der Waals surface area (Å²) in [5.41, 5.74) is 7.10. The molecule has 0 fully saturated rings. The lowest BCUT2D eigenvalue weighted by molar-refractivity contribution is 0.0965. The Bertz CT molecular complexity index is 520. The van der Waals surface area contributed by atoms with Crippen molar-refractivity contribution in [2.24, 2.45) is 0 Å². The lowest BCUT2D eigenvalue weighted by atomic mass is 10.3. The normalized spacial score (nSPS) is 10.3. The van der Waals surface area contributed by atoms with Gasteiger partial charge in [0.25, 0.3) is 5.91 Å². The zero-order valence-electron chi connectivity index (χ0n) is 9.86. The maximum atomic E-state index is 11.6. The Morgan fingerprint density at radius 1 is 1.61 bits per heavy atom. The number of carbonyl (C=O) groups is 1. The second-order valence-electron chi connectivity index (χ2n) is 3.60. The zero-order chi connectivity index (χ0) is 13.0. The quantitative estimate of drug-likeness (QED) is 0.629. The molecule has 2 aromatic heterocycles. The SMILES string of the molecule is CNC(=O)c1c(N)nsc1NCCc1cnc[nH]1. The summed E-state index contributed by atoms with van der Waals surface area (Å²) in [5.74, 6) is 0.0219. The largest absolute Gasteiger partial charge is 0.382 e. The molecule has 0 saturated heterocycles. The highest BCUT2D eigenvalue weighted by atomic mass is 32.1. The minimum Gasteiger partial charge on any atom is -0.382 e. The number of hydrogen-bond donors (Lipinski definition) is 4. The molecule has 8 heteroatoms. The van der Waals surface area contributed by atoms with Gasteiger partial charge in [-0.05, 0) is 11.5 Å². The van der Waals surface area contributed by atoms with Gasteiger partial charge in [-0.2, -0.15) is 4.37 Å². The molecule has 2 rings (SSSR count). The number of H-pyrrole nitrogens is 1. The van der Waals surface area contributed by atoms with Gasteiger partial charge in [0.05, 0.1) is 6.33 Å². The standard InChI is InChI=1S/C10H14N6OS/c1-12-9(17)7-8(11)16-18-10(7)14-3-2-6-4-13-5-15-6/h4-5,14H,2-3H2,1H3,(H2,11,16)(H,12,17)(H,13,15). The van der Waals surface area contributed by atoms with Crippen LogP contribution in [0.4, 0.5) is 10.8 Å². The van der Waals surface area contributed by atoms with Gasteiger partial charge >= 0.3 is 0 Å². The van der Waals surface area contributed by atoms with E-state index in [1.807, 2.05) is 0 Å². The summed E-state index contributed by atoms with van der Waals surface area (Å²) < 4.78 is 3.98. The van der Waals surface area contributed by atoms with Crippen molar-refractivity contribution in [3.63, 3.8) is 0 Å². The molecule has 0 atom stereocenters. The van der Waals surface area contributed by atoms with E-state index in [-0.39, 0.29) is 11.7 Å². The Kier molecular flexibility index (Phi) is 3.78. The number of aromatic nitrogens is 3. The molecule has 0 aliphatic heterocycles. The summed E-state index contributed by atoms with van der Waals surface area (Å²) in [6, 6.07) is 0. The highest BCUT2D eigenvalue weighted by Gasteiger charge is 2.17. The number of rotatable bonds is 5. The second kappa shape index (κ2) is 5.50. The van der Waals surface area contributed by atoms with E-state index in [1.54, 1.807) is 19.6 Å². The number of nitrogens with one attached hydrogen (secondary N) is 3. The Labute approximate surface area is 108 Å². The molecular formula is C10H14N6OS. The minimum absolute atomic E-state index is 0.231. The Hall–Kier alpha value is -2.09. The molecule has 0 bridgehead atoms. The summed E-state index contributed by atoms with van der Waals surface area (Å²) in [6.07, 6.45) is 4.18. The molecule has 0 aliphatic carbocycles. The monoisotopic (exact) mass is 266 g/mol. The van der Waals surface area contributed by atoms with Gasteiger partial charge in [-0.15, -0.1) is 0 Å². The van der Waals surface area contributed by atoms with E-state index in [0.717, 1.165) is 12.1 Å². The molecule has 0 aliphatic rings. The van der Waals surface area contributed by atoms with Crippen LogP contribution in [0.2, 0.25) is 0 Å². The number of aromatic amines is 1. The van der Waals surface area contributed by atoms with Crippen molar-refractivity contribution in [3.8, 4) is 0 Å². The van der Waals surface area contributed by atoms with E-state index < -0.39 is 0 Å². The number of nitrogens with two attached hydrogens (primary N) is 1.